The molecule has 0 aromatic rings. The molecule has 0 aromatic heterocycles. The summed E-state index contributed by atoms with van der Waals surface area (Å²) in [6, 6.07) is 0. The van der Waals surface area contributed by atoms with Gasteiger partial charge in [0.1, 0.15) is 6.54 Å². The fourth-order valence-corrected chi connectivity index (χ4v) is 13.5. The van der Waals surface area contributed by atoms with Crippen LogP contribution in [-0.2, 0) is 85.7 Å². The number of esters is 3. The van der Waals surface area contributed by atoms with Crippen LogP contribution in [0.3, 0.4) is 0 Å². The highest BCUT2D eigenvalue weighted by Crippen LogP contribution is 2.34. The van der Waals surface area contributed by atoms with Crippen LogP contribution in [0, 0.1) is 54.1 Å². The number of ether oxygens (including phenoxy) is 10. The van der Waals surface area contributed by atoms with E-state index in [-0.39, 0.29) is 71.5 Å². The third kappa shape index (κ3) is 82.9. The van der Waals surface area contributed by atoms with Crippen molar-refractivity contribution in [3.05, 3.63) is 0 Å². The van der Waals surface area contributed by atoms with Crippen molar-refractivity contribution < 1.29 is 116 Å². The Bertz CT molecular complexity index is 2730. The smallest absolute Gasteiger partial charge is 0.311 e. The quantitative estimate of drug-likeness (QED) is 0.0190. The number of aliphatic carboxylic acids is 5. The molecule has 2 unspecified atom stereocenters. The lowest BCUT2D eigenvalue weighted by Gasteiger charge is -2.30. The molecule has 4 N–H and O–H groups in total. The minimum absolute atomic E-state index is 0.0365. The Kier molecular flexibility index (Phi) is 68.6. The Morgan fingerprint density at radius 1 is 0.374 bits per heavy atom. The molecule has 2 atom stereocenters. The number of likely N-dealkylation sites (N-methyl/N-ethyl adjacent to an activating group) is 1. The van der Waals surface area contributed by atoms with Gasteiger partial charge in [-0.15, -0.1) is 0 Å². The lowest BCUT2D eigenvalue weighted by atomic mass is 9.84. The largest absolute Gasteiger partial charge is 0.550 e. The van der Waals surface area contributed by atoms with E-state index >= 15 is 0 Å². The molecule has 0 radical (unpaired) electrons. The van der Waals surface area contributed by atoms with Gasteiger partial charge in [0.25, 0.3) is 0 Å². The van der Waals surface area contributed by atoms with Gasteiger partial charge in [0.15, 0.2) is 12.4 Å². The van der Waals surface area contributed by atoms with E-state index in [1.54, 1.807) is 27.7 Å². The number of nitrogens with zero attached hydrogens (tertiary/aromatic N) is 1. The predicted octanol–water partition coefficient (Wildman–Crippen LogP) is 22.0. The number of hydrogen-bond acceptors (Lipinski definition) is 19. The zero-order valence-electron chi connectivity index (χ0n) is 83.9. The number of carbonyl (C=O) groups is 8. The van der Waals surface area contributed by atoms with E-state index in [1.807, 2.05) is 104 Å². The van der Waals surface area contributed by atoms with E-state index in [2.05, 4.69) is 55.4 Å². The molecule has 730 valence electrons. The maximum atomic E-state index is 12.4. The number of carboxylic acid groups (broad SMARTS) is 5. The van der Waals surface area contributed by atoms with Crippen LogP contribution in [0.25, 0.3) is 0 Å². The number of quaternary nitrogens is 1. The maximum Gasteiger partial charge on any atom is 0.311 e. The van der Waals surface area contributed by atoms with Gasteiger partial charge in [-0.3, -0.25) is 33.6 Å². The molecule has 0 amide bonds. The Hall–Kier alpha value is -4.56. The summed E-state index contributed by atoms with van der Waals surface area (Å²) in [6.07, 6.45) is 32.6. The summed E-state index contributed by atoms with van der Waals surface area (Å²) < 4.78 is 56.0. The number of hydrogen-bond donors (Lipinski definition) is 4. The molecular formula is C99H191NO23. The van der Waals surface area contributed by atoms with E-state index in [0.29, 0.717) is 81.1 Å². The molecule has 1 heterocycles. The summed E-state index contributed by atoms with van der Waals surface area (Å²) >= 11 is 0. The SMILES string of the molecule is CC(C)(C)CCCCOCCCCC(C)(C)C(=O)O.CC(C)(C)CCCCOCCCCC(C)(C)COC1CCCCO1.CC(C)(CCCCOCCCCC(C)(C)C(=O)O)CC(=O)O.CCOC(=O)C(C)(C)CCCCOCCCCC(C)(C)CC(=O)O.CCOC(=O)C(C)(C)CCCCOCCCCC(C)(C)CC(=O)OC(CC(=O)[O-])C[N+](C)(C)C. The topological polar surface area (TPSA) is 333 Å². The molecule has 1 fully saturated rings. The molecule has 0 aromatic carbocycles. The van der Waals surface area contributed by atoms with Crippen LogP contribution in [-0.4, -0.2) is 205 Å². The molecule has 1 rings (SSSR count). The molecule has 1 aliphatic heterocycles. The number of unbranched alkanes of at least 4 members (excludes halogenated alkanes) is 10. The first-order valence-electron chi connectivity index (χ1n) is 47.3. The van der Waals surface area contributed by atoms with Gasteiger partial charge in [-0.05, 0) is 249 Å². The third-order valence-electron chi connectivity index (χ3n) is 21.8. The molecule has 0 saturated carbocycles. The fourth-order valence-electron chi connectivity index (χ4n) is 13.5. The first-order chi connectivity index (χ1) is 56.7. The second kappa shape index (κ2) is 67.6. The molecule has 123 heavy (non-hydrogen) atoms. The van der Waals surface area contributed by atoms with Crippen molar-refractivity contribution >= 4 is 47.8 Å². The summed E-state index contributed by atoms with van der Waals surface area (Å²) in [4.78, 5) is 90.4. The van der Waals surface area contributed by atoms with Crippen molar-refractivity contribution in [1.82, 2.24) is 0 Å². The summed E-state index contributed by atoms with van der Waals surface area (Å²) in [5.41, 5.74) is -1.59. The van der Waals surface area contributed by atoms with Crippen LogP contribution in [0.1, 0.15) is 404 Å². The molecule has 1 saturated heterocycles. The van der Waals surface area contributed by atoms with Gasteiger partial charge >= 0.3 is 41.8 Å². The standard InChI is InChI=1S/C26H49NO7.C21H42O3.C19H36O5.C17H32O5.C16H32O3/c1-9-33-24(31)26(4,5)15-11-13-17-32-16-12-10-14-25(2,3)19-23(30)34-21(18-22(28)29)20-27(6,7)8;1-20(2,3)13-7-10-15-22-16-11-8-14-21(4,5)18-24-19-12-6-9-17-23-19;1-6-24-17(22)19(4,5)12-8-10-14-23-13-9-7-11-18(2,3)15-16(20)21;1-16(2,13-14(18)19)9-5-7-11-22-12-8-6-10-17(3,4)15(20)21;1-15(2,3)10-6-8-12-19-13-9-7-11-16(4,5)14(17)18/h21H,9-20H2,1-8H3;19H,6-18H2,1-5H3;6-15H2,1-5H3,(H,20,21);5-13H2,1-4H3,(H,18,19)(H,20,21);6-13H2,1-5H3,(H,17,18). The van der Waals surface area contributed by atoms with Gasteiger partial charge < -0.3 is 82.2 Å². The fraction of sp³-hybridized carbons (Fsp3) is 0.919. The van der Waals surface area contributed by atoms with E-state index in [0.717, 1.165) is 187 Å². The van der Waals surface area contributed by atoms with Crippen molar-refractivity contribution in [3.63, 3.8) is 0 Å². The van der Waals surface area contributed by atoms with E-state index in [9.17, 15) is 43.5 Å². The van der Waals surface area contributed by atoms with Gasteiger partial charge in [-0.1, -0.05) is 161 Å². The van der Waals surface area contributed by atoms with Crippen molar-refractivity contribution in [1.29, 1.82) is 0 Å². The summed E-state index contributed by atoms with van der Waals surface area (Å²) in [7, 11) is 5.77. The van der Waals surface area contributed by atoms with Crippen molar-refractivity contribution in [2.24, 2.45) is 54.1 Å². The highest BCUT2D eigenvalue weighted by molar-refractivity contribution is 5.76. The van der Waals surface area contributed by atoms with Gasteiger partial charge in [-0.2, -0.15) is 0 Å². The first kappa shape index (κ1) is 125. The maximum absolute atomic E-state index is 12.4. The highest BCUT2D eigenvalue weighted by Gasteiger charge is 2.33. The first-order valence-corrected chi connectivity index (χ1v) is 47.3. The minimum Gasteiger partial charge on any atom is -0.550 e. The molecule has 24 nitrogen and oxygen atoms in total. The lowest BCUT2D eigenvalue weighted by molar-refractivity contribution is -0.873. The van der Waals surface area contributed by atoms with Crippen LogP contribution in [0.2, 0.25) is 0 Å². The van der Waals surface area contributed by atoms with E-state index in [4.69, 9.17) is 67.8 Å². The van der Waals surface area contributed by atoms with Crippen molar-refractivity contribution in [2.75, 3.05) is 120 Å². The average Bonchev–Trinajstić information content (AvgIpc) is 0.884. The van der Waals surface area contributed by atoms with Crippen LogP contribution in [0.4, 0.5) is 0 Å². The molecule has 0 bridgehead atoms. The van der Waals surface area contributed by atoms with Crippen LogP contribution >= 0.6 is 0 Å². The van der Waals surface area contributed by atoms with Gasteiger partial charge in [-0.25, -0.2) is 0 Å². The number of carboxylic acids is 5. The van der Waals surface area contributed by atoms with Gasteiger partial charge in [0.2, 0.25) is 0 Å². The van der Waals surface area contributed by atoms with Crippen molar-refractivity contribution in [2.45, 2.75) is 416 Å². The Balaban J connectivity index is -0.000000730. The number of carbonyl (C=O) groups excluding carboxylic acids is 4. The predicted molar refractivity (Wildman–Crippen MR) is 491 cm³/mol. The monoisotopic (exact) mass is 1760 g/mol. The van der Waals surface area contributed by atoms with Gasteiger partial charge in [0, 0.05) is 85.1 Å². The number of rotatable bonds is 68. The van der Waals surface area contributed by atoms with E-state index in [1.165, 1.54) is 57.8 Å². The average molecular weight is 1760 g/mol. The second-order valence-corrected chi connectivity index (χ2v) is 43.6. The Morgan fingerprint density at radius 3 is 0.902 bits per heavy atom. The third-order valence-corrected chi connectivity index (χ3v) is 21.8. The lowest BCUT2D eigenvalue weighted by Crippen LogP contribution is -2.45. The highest BCUT2D eigenvalue weighted by atomic mass is 16.7. The summed E-state index contributed by atoms with van der Waals surface area (Å²) in [5.74, 6) is -4.81. The second-order valence-electron chi connectivity index (χ2n) is 43.6. The summed E-state index contributed by atoms with van der Waals surface area (Å²) in [6.45, 7) is 59.0. The van der Waals surface area contributed by atoms with Gasteiger partial charge in [0.05, 0.1) is 81.9 Å². The zero-order chi connectivity index (χ0) is 95.1. The Morgan fingerprint density at radius 2 is 0.650 bits per heavy atom. The zero-order valence-corrected chi connectivity index (χ0v) is 83.9. The van der Waals surface area contributed by atoms with Crippen LogP contribution in [0.15, 0.2) is 0 Å². The molecule has 0 spiro atoms. The molecular weight excluding hydrogens is 1570 g/mol. The molecule has 1 aliphatic rings. The molecule has 0 aliphatic carbocycles. The normalized spacial score (nSPS) is 14.1. The summed E-state index contributed by atoms with van der Waals surface area (Å²) in [5, 5.41) is 46.6. The minimum atomic E-state index is -1.21. The Labute approximate surface area is 750 Å². The van der Waals surface area contributed by atoms with E-state index < -0.39 is 57.6 Å². The van der Waals surface area contributed by atoms with Crippen LogP contribution < -0.4 is 5.11 Å². The van der Waals surface area contributed by atoms with Crippen molar-refractivity contribution in [3.8, 4) is 0 Å². The van der Waals surface area contributed by atoms with Crippen LogP contribution in [0.5, 0.6) is 0 Å². The molecule has 24 heteroatoms.